The minimum Gasteiger partial charge on any atom is -0.370 e. The molecule has 0 saturated heterocycles. The molecule has 0 aromatic carbocycles. The number of thioether (sulfide) groups is 1. The second-order valence-electron chi connectivity index (χ2n) is 4.20. The number of nitrogens with one attached hydrogen (secondary N) is 2. The third kappa shape index (κ3) is 5.55. The first-order valence-corrected chi connectivity index (χ1v) is 7.70. The summed E-state index contributed by atoms with van der Waals surface area (Å²) in [6.45, 7) is 2.93. The van der Waals surface area contributed by atoms with Gasteiger partial charge in [-0.1, -0.05) is 12.8 Å². The van der Waals surface area contributed by atoms with Gasteiger partial charge in [-0.15, -0.1) is 0 Å². The molecule has 0 unspecified atom stereocenters. The van der Waals surface area contributed by atoms with Crippen LogP contribution >= 0.6 is 11.8 Å². The normalized spacial score (nSPS) is 10.4. The predicted molar refractivity (Wildman–Crippen MR) is 79.9 cm³/mol. The van der Waals surface area contributed by atoms with E-state index in [9.17, 15) is 0 Å². The Morgan fingerprint density at radius 2 is 2.06 bits per heavy atom. The van der Waals surface area contributed by atoms with E-state index in [1.807, 2.05) is 18.7 Å². The minimum atomic E-state index is 0.447. The molecule has 18 heavy (non-hydrogen) atoms. The van der Waals surface area contributed by atoms with Gasteiger partial charge in [0.2, 0.25) is 5.95 Å². The molecule has 0 saturated carbocycles. The number of anilines is 2. The Morgan fingerprint density at radius 3 is 2.78 bits per heavy atom. The Balaban J connectivity index is 2.22. The molecule has 1 heterocycles. The Kier molecular flexibility index (Phi) is 7.52. The second kappa shape index (κ2) is 8.99. The van der Waals surface area contributed by atoms with Crippen LogP contribution in [-0.4, -0.2) is 28.5 Å². The maximum Gasteiger partial charge on any atom is 0.239 e. The first kappa shape index (κ1) is 15.0. The van der Waals surface area contributed by atoms with Gasteiger partial charge in [-0.2, -0.15) is 16.7 Å². The molecular formula is C12H23N5S. The predicted octanol–water partition coefficient (Wildman–Crippen LogP) is 2.41. The molecule has 0 aliphatic rings. The van der Waals surface area contributed by atoms with E-state index in [0.717, 1.165) is 17.9 Å². The molecule has 1 rings (SSSR count). The van der Waals surface area contributed by atoms with Crippen LogP contribution in [0.1, 0.15) is 31.2 Å². The van der Waals surface area contributed by atoms with Crippen molar-refractivity contribution in [3.63, 3.8) is 0 Å². The summed E-state index contributed by atoms with van der Waals surface area (Å²) in [5.74, 6) is 7.87. The number of hydrogen-bond donors (Lipinski definition) is 3. The van der Waals surface area contributed by atoms with Gasteiger partial charge in [-0.05, 0) is 31.8 Å². The van der Waals surface area contributed by atoms with Crippen LogP contribution in [0.2, 0.25) is 0 Å². The first-order chi connectivity index (χ1) is 8.77. The fourth-order valence-electron chi connectivity index (χ4n) is 1.62. The summed E-state index contributed by atoms with van der Waals surface area (Å²) < 4.78 is 0. The molecule has 0 fully saturated rings. The van der Waals surface area contributed by atoms with Crippen LogP contribution in [0.25, 0.3) is 0 Å². The van der Waals surface area contributed by atoms with Crippen LogP contribution in [0.3, 0.4) is 0 Å². The smallest absolute Gasteiger partial charge is 0.239 e. The van der Waals surface area contributed by atoms with Gasteiger partial charge < -0.3 is 5.32 Å². The van der Waals surface area contributed by atoms with E-state index in [4.69, 9.17) is 5.84 Å². The highest BCUT2D eigenvalue weighted by Gasteiger charge is 2.01. The molecule has 0 radical (unpaired) electrons. The second-order valence-corrected chi connectivity index (χ2v) is 5.19. The molecule has 4 N–H and O–H groups in total. The molecule has 0 amide bonds. The Bertz CT molecular complexity index is 345. The Labute approximate surface area is 113 Å². The van der Waals surface area contributed by atoms with E-state index in [2.05, 4.69) is 27.0 Å². The van der Waals surface area contributed by atoms with Gasteiger partial charge in [0.25, 0.3) is 0 Å². The van der Waals surface area contributed by atoms with E-state index < -0.39 is 0 Å². The average molecular weight is 269 g/mol. The lowest BCUT2D eigenvalue weighted by atomic mass is 10.2. The van der Waals surface area contributed by atoms with Gasteiger partial charge in [-0.3, -0.25) is 5.43 Å². The van der Waals surface area contributed by atoms with Crippen molar-refractivity contribution in [1.82, 2.24) is 9.97 Å². The lowest BCUT2D eigenvalue weighted by Gasteiger charge is -2.09. The molecule has 0 aliphatic carbocycles. The van der Waals surface area contributed by atoms with Crippen LogP contribution < -0.4 is 16.6 Å². The van der Waals surface area contributed by atoms with E-state index in [-0.39, 0.29) is 0 Å². The SMILES string of the molecule is CSCCCCCCNc1nc(NN)ncc1C. The number of aromatic nitrogens is 2. The van der Waals surface area contributed by atoms with E-state index in [1.54, 1.807) is 6.20 Å². The van der Waals surface area contributed by atoms with Gasteiger partial charge in [0.05, 0.1) is 0 Å². The molecule has 1 aromatic rings. The van der Waals surface area contributed by atoms with Gasteiger partial charge in [0.15, 0.2) is 0 Å². The number of aryl methyl sites for hydroxylation is 1. The highest BCUT2D eigenvalue weighted by Crippen LogP contribution is 2.12. The third-order valence-corrected chi connectivity index (χ3v) is 3.37. The number of nitrogens with zero attached hydrogens (tertiary/aromatic N) is 2. The Morgan fingerprint density at radius 1 is 1.28 bits per heavy atom. The number of hydrogen-bond acceptors (Lipinski definition) is 6. The maximum absolute atomic E-state index is 5.29. The highest BCUT2D eigenvalue weighted by molar-refractivity contribution is 7.98. The van der Waals surface area contributed by atoms with E-state index in [1.165, 1.54) is 31.4 Å². The fraction of sp³-hybridized carbons (Fsp3) is 0.667. The first-order valence-electron chi connectivity index (χ1n) is 6.31. The van der Waals surface area contributed by atoms with Crippen molar-refractivity contribution >= 4 is 23.5 Å². The zero-order chi connectivity index (χ0) is 13.2. The standard InChI is InChI=1S/C12H23N5S/c1-10-9-15-12(17-13)16-11(10)14-7-5-3-4-6-8-18-2/h9H,3-8,13H2,1-2H3,(H2,14,15,16,17). The van der Waals surface area contributed by atoms with Crippen LogP contribution in [0, 0.1) is 6.92 Å². The lowest BCUT2D eigenvalue weighted by molar-refractivity contribution is 0.688. The summed E-state index contributed by atoms with van der Waals surface area (Å²) >= 11 is 1.92. The number of nitrogens with two attached hydrogens (primary N) is 1. The number of nitrogen functional groups attached to an aromatic ring is 1. The molecule has 102 valence electrons. The third-order valence-electron chi connectivity index (χ3n) is 2.67. The average Bonchev–Trinajstić information content (AvgIpc) is 2.39. The molecule has 0 aliphatic heterocycles. The molecule has 0 spiro atoms. The number of unbranched alkanes of at least 4 members (excludes halogenated alkanes) is 3. The van der Waals surface area contributed by atoms with Crippen molar-refractivity contribution in [2.45, 2.75) is 32.6 Å². The van der Waals surface area contributed by atoms with Crippen molar-refractivity contribution in [2.75, 3.05) is 29.3 Å². The van der Waals surface area contributed by atoms with Crippen LogP contribution in [0.4, 0.5) is 11.8 Å². The Hall–Kier alpha value is -1.01. The summed E-state index contributed by atoms with van der Waals surface area (Å²) in [4.78, 5) is 8.32. The molecule has 6 heteroatoms. The monoisotopic (exact) mass is 269 g/mol. The van der Waals surface area contributed by atoms with Crippen molar-refractivity contribution < 1.29 is 0 Å². The zero-order valence-corrected chi connectivity index (χ0v) is 12.0. The summed E-state index contributed by atoms with van der Waals surface area (Å²) in [5.41, 5.74) is 3.49. The van der Waals surface area contributed by atoms with Crippen LogP contribution in [0.5, 0.6) is 0 Å². The van der Waals surface area contributed by atoms with Gasteiger partial charge >= 0.3 is 0 Å². The van der Waals surface area contributed by atoms with Crippen LogP contribution in [-0.2, 0) is 0 Å². The summed E-state index contributed by atoms with van der Waals surface area (Å²) in [6.07, 6.45) is 8.98. The summed E-state index contributed by atoms with van der Waals surface area (Å²) in [7, 11) is 0. The summed E-state index contributed by atoms with van der Waals surface area (Å²) in [5, 5.41) is 3.33. The van der Waals surface area contributed by atoms with Crippen molar-refractivity contribution in [3.8, 4) is 0 Å². The summed E-state index contributed by atoms with van der Waals surface area (Å²) in [6, 6.07) is 0. The van der Waals surface area contributed by atoms with Crippen LogP contribution in [0.15, 0.2) is 6.20 Å². The topological polar surface area (TPSA) is 75.9 Å². The van der Waals surface area contributed by atoms with Gasteiger partial charge in [0, 0.05) is 18.3 Å². The number of rotatable bonds is 9. The minimum absolute atomic E-state index is 0.447. The van der Waals surface area contributed by atoms with E-state index in [0.29, 0.717) is 5.95 Å². The van der Waals surface area contributed by atoms with Crippen molar-refractivity contribution in [3.05, 3.63) is 11.8 Å². The molecule has 5 nitrogen and oxygen atoms in total. The molecule has 0 bridgehead atoms. The zero-order valence-electron chi connectivity index (χ0n) is 11.2. The molecule has 0 atom stereocenters. The van der Waals surface area contributed by atoms with Crippen molar-refractivity contribution in [1.29, 1.82) is 0 Å². The highest BCUT2D eigenvalue weighted by atomic mass is 32.2. The molecular weight excluding hydrogens is 246 g/mol. The van der Waals surface area contributed by atoms with Crippen molar-refractivity contribution in [2.24, 2.45) is 5.84 Å². The quantitative estimate of drug-likeness (QED) is 0.363. The van der Waals surface area contributed by atoms with E-state index >= 15 is 0 Å². The maximum atomic E-state index is 5.29. The lowest BCUT2D eigenvalue weighted by Crippen LogP contribution is -2.13. The van der Waals surface area contributed by atoms with Gasteiger partial charge in [0.1, 0.15) is 5.82 Å². The fourth-order valence-corrected chi connectivity index (χ4v) is 2.12. The molecule has 1 aromatic heterocycles. The van der Waals surface area contributed by atoms with Gasteiger partial charge in [-0.25, -0.2) is 10.8 Å². The number of hydrazine groups is 1. The largest absolute Gasteiger partial charge is 0.370 e.